The first-order chi connectivity index (χ1) is 11.7. The van der Waals surface area contributed by atoms with Gasteiger partial charge >= 0.3 is 6.03 Å². The van der Waals surface area contributed by atoms with E-state index in [-0.39, 0.29) is 18.5 Å². The third-order valence-electron chi connectivity index (χ3n) is 3.92. The van der Waals surface area contributed by atoms with E-state index in [0.717, 1.165) is 17.0 Å². The molecule has 0 aromatic heterocycles. The van der Waals surface area contributed by atoms with Crippen LogP contribution in [0.15, 0.2) is 53.4 Å². The van der Waals surface area contributed by atoms with Crippen molar-refractivity contribution in [1.82, 2.24) is 5.32 Å². The first-order valence-corrected chi connectivity index (χ1v) is 8.97. The number of para-hydroxylation sites is 1. The molecule has 3 amide bonds. The summed E-state index contributed by atoms with van der Waals surface area (Å²) in [6.45, 7) is 0.639. The SMILES string of the molecule is CSc1cccc(NC(=O)NCC(=O)N2CCc3ccccc32)c1. The summed E-state index contributed by atoms with van der Waals surface area (Å²) in [5, 5.41) is 5.38. The first-order valence-electron chi connectivity index (χ1n) is 7.74. The summed E-state index contributed by atoms with van der Waals surface area (Å²) in [4.78, 5) is 27.1. The van der Waals surface area contributed by atoms with Gasteiger partial charge < -0.3 is 15.5 Å². The molecule has 24 heavy (non-hydrogen) atoms. The number of hydrogen-bond acceptors (Lipinski definition) is 3. The van der Waals surface area contributed by atoms with E-state index in [1.165, 1.54) is 5.56 Å². The zero-order valence-corrected chi connectivity index (χ0v) is 14.2. The Morgan fingerprint density at radius 1 is 1.17 bits per heavy atom. The van der Waals surface area contributed by atoms with Gasteiger partial charge in [-0.05, 0) is 42.5 Å². The van der Waals surface area contributed by atoms with Gasteiger partial charge in [0, 0.05) is 22.8 Å². The molecule has 0 unspecified atom stereocenters. The third-order valence-corrected chi connectivity index (χ3v) is 4.64. The summed E-state index contributed by atoms with van der Waals surface area (Å²) in [5.74, 6) is -0.104. The van der Waals surface area contributed by atoms with E-state index in [9.17, 15) is 9.59 Å². The highest BCUT2D eigenvalue weighted by atomic mass is 32.2. The maximum absolute atomic E-state index is 12.3. The summed E-state index contributed by atoms with van der Waals surface area (Å²) in [5.41, 5.74) is 2.82. The maximum atomic E-state index is 12.3. The molecule has 0 bridgehead atoms. The number of hydrogen-bond donors (Lipinski definition) is 2. The van der Waals surface area contributed by atoms with Crippen LogP contribution in [0.4, 0.5) is 16.2 Å². The smallest absolute Gasteiger partial charge is 0.319 e. The van der Waals surface area contributed by atoms with Crippen molar-refractivity contribution in [2.45, 2.75) is 11.3 Å². The molecule has 6 heteroatoms. The normalized spacial score (nSPS) is 12.6. The molecular weight excluding hydrogens is 322 g/mol. The second-order valence-corrected chi connectivity index (χ2v) is 6.34. The van der Waals surface area contributed by atoms with Crippen molar-refractivity contribution >= 4 is 35.1 Å². The van der Waals surface area contributed by atoms with E-state index in [0.29, 0.717) is 12.2 Å². The van der Waals surface area contributed by atoms with E-state index in [4.69, 9.17) is 0 Å². The van der Waals surface area contributed by atoms with Gasteiger partial charge in [-0.15, -0.1) is 11.8 Å². The monoisotopic (exact) mass is 341 g/mol. The number of nitrogens with one attached hydrogen (secondary N) is 2. The van der Waals surface area contributed by atoms with Crippen molar-refractivity contribution in [3.05, 3.63) is 54.1 Å². The molecule has 5 nitrogen and oxygen atoms in total. The van der Waals surface area contributed by atoms with Gasteiger partial charge in [0.05, 0.1) is 6.54 Å². The quantitative estimate of drug-likeness (QED) is 0.840. The predicted octanol–water partition coefficient (Wildman–Crippen LogP) is 3.12. The molecule has 0 radical (unpaired) electrons. The lowest BCUT2D eigenvalue weighted by molar-refractivity contribution is -0.117. The predicted molar refractivity (Wildman–Crippen MR) is 97.7 cm³/mol. The van der Waals surface area contributed by atoms with Gasteiger partial charge in [-0.2, -0.15) is 0 Å². The van der Waals surface area contributed by atoms with Crippen molar-refractivity contribution < 1.29 is 9.59 Å². The lowest BCUT2D eigenvalue weighted by Crippen LogP contribution is -2.41. The molecule has 0 aliphatic carbocycles. The molecule has 0 saturated heterocycles. The Kier molecular flexibility index (Phi) is 5.05. The van der Waals surface area contributed by atoms with Crippen LogP contribution in [0.3, 0.4) is 0 Å². The molecule has 3 rings (SSSR count). The second kappa shape index (κ2) is 7.40. The van der Waals surface area contributed by atoms with Crippen molar-refractivity contribution in [3.63, 3.8) is 0 Å². The molecule has 0 spiro atoms. The van der Waals surface area contributed by atoms with Crippen molar-refractivity contribution in [1.29, 1.82) is 0 Å². The fourth-order valence-electron chi connectivity index (χ4n) is 2.72. The van der Waals surface area contributed by atoms with E-state index in [2.05, 4.69) is 10.6 Å². The van der Waals surface area contributed by atoms with Gasteiger partial charge in [-0.1, -0.05) is 24.3 Å². The highest BCUT2D eigenvalue weighted by Crippen LogP contribution is 2.27. The number of rotatable bonds is 4. The second-order valence-electron chi connectivity index (χ2n) is 5.46. The number of benzene rings is 2. The number of nitrogens with zero attached hydrogens (tertiary/aromatic N) is 1. The molecule has 1 heterocycles. The van der Waals surface area contributed by atoms with E-state index in [1.807, 2.05) is 54.8 Å². The molecule has 0 fully saturated rings. The van der Waals surface area contributed by atoms with Crippen LogP contribution in [-0.2, 0) is 11.2 Å². The highest BCUT2D eigenvalue weighted by Gasteiger charge is 2.24. The van der Waals surface area contributed by atoms with E-state index >= 15 is 0 Å². The lowest BCUT2D eigenvalue weighted by Gasteiger charge is -2.17. The number of anilines is 2. The average molecular weight is 341 g/mol. The number of urea groups is 1. The Hall–Kier alpha value is -2.47. The van der Waals surface area contributed by atoms with Crippen LogP contribution >= 0.6 is 11.8 Å². The molecule has 1 aliphatic rings. The van der Waals surface area contributed by atoms with Crippen LogP contribution in [0.5, 0.6) is 0 Å². The summed E-state index contributed by atoms with van der Waals surface area (Å²) in [6, 6.07) is 15.0. The van der Waals surface area contributed by atoms with Crippen LogP contribution < -0.4 is 15.5 Å². The topological polar surface area (TPSA) is 61.4 Å². The lowest BCUT2D eigenvalue weighted by atomic mass is 10.2. The van der Waals surface area contributed by atoms with Gasteiger partial charge in [0.1, 0.15) is 0 Å². The van der Waals surface area contributed by atoms with Crippen LogP contribution in [0.25, 0.3) is 0 Å². The van der Waals surface area contributed by atoms with Gasteiger partial charge in [-0.25, -0.2) is 4.79 Å². The molecule has 1 aliphatic heterocycles. The van der Waals surface area contributed by atoms with Crippen LogP contribution in [-0.4, -0.2) is 31.3 Å². The minimum absolute atomic E-state index is 0.0254. The van der Waals surface area contributed by atoms with Crippen LogP contribution in [0.1, 0.15) is 5.56 Å². The largest absolute Gasteiger partial charge is 0.329 e. The zero-order valence-electron chi connectivity index (χ0n) is 13.4. The van der Waals surface area contributed by atoms with Crippen LogP contribution in [0, 0.1) is 0 Å². The Balaban J connectivity index is 1.54. The van der Waals surface area contributed by atoms with Gasteiger partial charge in [0.2, 0.25) is 5.91 Å². The summed E-state index contributed by atoms with van der Waals surface area (Å²) >= 11 is 1.61. The molecular formula is C18H19N3O2S. The molecule has 0 saturated carbocycles. The number of carbonyl (C=O) groups excluding carboxylic acids is 2. The molecule has 2 N–H and O–H groups in total. The summed E-state index contributed by atoms with van der Waals surface area (Å²) < 4.78 is 0. The van der Waals surface area contributed by atoms with Crippen molar-refractivity contribution in [3.8, 4) is 0 Å². The van der Waals surface area contributed by atoms with Crippen molar-refractivity contribution in [2.75, 3.05) is 29.6 Å². The fraction of sp³-hybridized carbons (Fsp3) is 0.222. The zero-order chi connectivity index (χ0) is 16.9. The highest BCUT2D eigenvalue weighted by molar-refractivity contribution is 7.98. The fourth-order valence-corrected chi connectivity index (χ4v) is 3.18. The number of fused-ring (bicyclic) bond motifs is 1. The Labute approximate surface area is 145 Å². The Morgan fingerprint density at radius 2 is 2.00 bits per heavy atom. The van der Waals surface area contributed by atoms with E-state index in [1.54, 1.807) is 16.7 Å². The molecule has 0 atom stereocenters. The van der Waals surface area contributed by atoms with Gasteiger partial charge in [0.15, 0.2) is 0 Å². The number of carbonyl (C=O) groups is 2. The molecule has 2 aromatic rings. The molecule has 2 aromatic carbocycles. The number of thioether (sulfide) groups is 1. The van der Waals surface area contributed by atoms with Crippen molar-refractivity contribution in [2.24, 2.45) is 0 Å². The first kappa shape index (κ1) is 16.4. The Morgan fingerprint density at radius 3 is 2.83 bits per heavy atom. The minimum Gasteiger partial charge on any atom is -0.329 e. The maximum Gasteiger partial charge on any atom is 0.319 e. The number of amides is 3. The summed E-state index contributed by atoms with van der Waals surface area (Å²) in [7, 11) is 0. The summed E-state index contributed by atoms with van der Waals surface area (Å²) in [6.07, 6.45) is 2.83. The molecule has 124 valence electrons. The van der Waals surface area contributed by atoms with Gasteiger partial charge in [-0.3, -0.25) is 4.79 Å². The van der Waals surface area contributed by atoms with Crippen LogP contribution in [0.2, 0.25) is 0 Å². The average Bonchev–Trinajstić information content (AvgIpc) is 3.04. The van der Waals surface area contributed by atoms with Gasteiger partial charge in [0.25, 0.3) is 0 Å². The Bertz CT molecular complexity index is 763. The standard InChI is InChI=1S/C18H19N3O2S/c1-24-15-7-4-6-14(11-15)20-18(23)19-12-17(22)21-10-9-13-5-2-3-8-16(13)21/h2-8,11H,9-10,12H2,1H3,(H2,19,20,23). The minimum atomic E-state index is -0.380. The third kappa shape index (κ3) is 3.71. The van der Waals surface area contributed by atoms with E-state index < -0.39 is 0 Å².